The van der Waals surface area contributed by atoms with Gasteiger partial charge in [-0.25, -0.2) is 4.98 Å². The summed E-state index contributed by atoms with van der Waals surface area (Å²) >= 11 is 18.4. The predicted molar refractivity (Wildman–Crippen MR) is 117 cm³/mol. The van der Waals surface area contributed by atoms with E-state index in [1.807, 2.05) is 18.2 Å². The second-order valence-corrected chi connectivity index (χ2v) is 7.37. The van der Waals surface area contributed by atoms with Gasteiger partial charge in [-0.05, 0) is 42.5 Å². The summed E-state index contributed by atoms with van der Waals surface area (Å²) in [6.45, 7) is 0. The molecule has 0 saturated heterocycles. The molecule has 1 aromatic heterocycles. The van der Waals surface area contributed by atoms with Crippen LogP contribution >= 0.6 is 34.8 Å². The predicted octanol–water partition coefficient (Wildman–Crippen LogP) is 7.22. The molecule has 1 heterocycles. The number of anilines is 1. The Morgan fingerprint density at radius 2 is 1.48 bits per heavy atom. The molecule has 0 bridgehead atoms. The highest BCUT2D eigenvalue weighted by Crippen LogP contribution is 2.30. The maximum atomic E-state index is 12.5. The largest absolute Gasteiger partial charge is 0.444 e. The molecule has 0 fully saturated rings. The Morgan fingerprint density at radius 3 is 2.17 bits per heavy atom. The third kappa shape index (κ3) is 4.15. The molecule has 7 heteroatoms. The van der Waals surface area contributed by atoms with Crippen LogP contribution in [-0.4, -0.2) is 10.9 Å². The molecule has 144 valence electrons. The zero-order chi connectivity index (χ0) is 20.4. The van der Waals surface area contributed by atoms with Gasteiger partial charge in [0.25, 0.3) is 5.91 Å². The minimum absolute atomic E-state index is 0.233. The van der Waals surface area contributed by atoms with Crippen LogP contribution in [0, 0.1) is 0 Å². The van der Waals surface area contributed by atoms with E-state index in [1.165, 1.54) is 0 Å². The molecule has 1 amide bonds. The molecular formula is C22H13Cl3N2O2. The van der Waals surface area contributed by atoms with Gasteiger partial charge < -0.3 is 9.73 Å². The first kappa shape index (κ1) is 19.5. The molecule has 0 radical (unpaired) electrons. The van der Waals surface area contributed by atoms with Crippen LogP contribution in [0.2, 0.25) is 15.1 Å². The van der Waals surface area contributed by atoms with Crippen molar-refractivity contribution >= 4 is 46.4 Å². The van der Waals surface area contributed by atoms with Gasteiger partial charge in [-0.15, -0.1) is 0 Å². The van der Waals surface area contributed by atoms with Crippen molar-refractivity contribution in [3.05, 3.63) is 93.6 Å². The molecule has 0 unspecified atom stereocenters. The van der Waals surface area contributed by atoms with Gasteiger partial charge in [0.15, 0.2) is 0 Å². The third-order valence-electron chi connectivity index (χ3n) is 4.23. The van der Waals surface area contributed by atoms with Crippen molar-refractivity contribution in [1.29, 1.82) is 0 Å². The summed E-state index contributed by atoms with van der Waals surface area (Å²) in [5.74, 6) is 0.0671. The van der Waals surface area contributed by atoms with Crippen LogP contribution in [0.25, 0.3) is 22.7 Å². The number of carbonyl (C=O) groups is 1. The van der Waals surface area contributed by atoms with E-state index in [-0.39, 0.29) is 11.5 Å². The lowest BCUT2D eigenvalue weighted by atomic mass is 10.1. The van der Waals surface area contributed by atoms with E-state index in [9.17, 15) is 4.79 Å². The van der Waals surface area contributed by atoms with Gasteiger partial charge in [0.05, 0.1) is 20.6 Å². The summed E-state index contributed by atoms with van der Waals surface area (Å²) in [6, 6.07) is 19.4. The van der Waals surface area contributed by atoms with Crippen molar-refractivity contribution in [2.24, 2.45) is 0 Å². The lowest BCUT2D eigenvalue weighted by Crippen LogP contribution is -2.13. The average Bonchev–Trinajstić information content (AvgIpc) is 3.19. The number of nitrogens with zero attached hydrogens (tertiary/aromatic N) is 1. The molecule has 0 saturated carbocycles. The summed E-state index contributed by atoms with van der Waals surface area (Å²) < 4.78 is 5.59. The van der Waals surface area contributed by atoms with Crippen molar-refractivity contribution in [1.82, 2.24) is 4.98 Å². The highest BCUT2D eigenvalue weighted by atomic mass is 35.5. The molecule has 29 heavy (non-hydrogen) atoms. The first-order valence-corrected chi connectivity index (χ1v) is 9.72. The Balaban J connectivity index is 1.53. The average molecular weight is 444 g/mol. The molecular weight excluding hydrogens is 431 g/mol. The Kier molecular flexibility index (Phi) is 5.58. The number of halogens is 3. The molecule has 4 rings (SSSR count). The zero-order valence-corrected chi connectivity index (χ0v) is 17.1. The normalized spacial score (nSPS) is 10.7. The van der Waals surface area contributed by atoms with Crippen molar-refractivity contribution in [3.63, 3.8) is 0 Å². The Hall–Kier alpha value is -2.79. The van der Waals surface area contributed by atoms with Crippen molar-refractivity contribution in [2.45, 2.75) is 0 Å². The maximum absolute atomic E-state index is 12.5. The SMILES string of the molecule is O=C(Nc1ccc(-c2nc(-c3ccccc3Cl)co2)cc1)c1c(Cl)cccc1Cl. The van der Waals surface area contributed by atoms with Crippen LogP contribution < -0.4 is 5.32 Å². The van der Waals surface area contributed by atoms with Crippen LogP contribution in [0.15, 0.2) is 77.4 Å². The quantitative estimate of drug-likeness (QED) is 0.362. The standard InChI is InChI=1S/C22H13Cl3N2O2/c23-16-5-2-1-4-15(16)19-12-29-22(27-19)13-8-10-14(11-9-13)26-21(28)20-17(24)6-3-7-18(20)25/h1-12H,(H,26,28). The number of aromatic nitrogens is 1. The number of benzene rings is 3. The van der Waals surface area contributed by atoms with E-state index in [0.717, 1.165) is 11.1 Å². The summed E-state index contributed by atoms with van der Waals surface area (Å²) in [7, 11) is 0. The highest BCUT2D eigenvalue weighted by Gasteiger charge is 2.15. The molecule has 0 aliphatic rings. The maximum Gasteiger partial charge on any atom is 0.258 e. The van der Waals surface area contributed by atoms with Gasteiger partial charge in [0.1, 0.15) is 12.0 Å². The van der Waals surface area contributed by atoms with Crippen molar-refractivity contribution in [2.75, 3.05) is 5.32 Å². The summed E-state index contributed by atoms with van der Waals surface area (Å²) in [4.78, 5) is 17.0. The molecule has 3 aromatic carbocycles. The van der Waals surface area contributed by atoms with E-state index in [1.54, 1.807) is 54.8 Å². The van der Waals surface area contributed by atoms with Crippen LogP contribution in [0.5, 0.6) is 0 Å². The van der Waals surface area contributed by atoms with Gasteiger partial charge in [-0.1, -0.05) is 59.1 Å². The Morgan fingerprint density at radius 1 is 0.828 bits per heavy atom. The third-order valence-corrected chi connectivity index (χ3v) is 5.19. The lowest BCUT2D eigenvalue weighted by Gasteiger charge is -2.08. The number of rotatable bonds is 4. The first-order valence-electron chi connectivity index (χ1n) is 8.59. The molecule has 0 aliphatic heterocycles. The highest BCUT2D eigenvalue weighted by molar-refractivity contribution is 6.40. The van der Waals surface area contributed by atoms with E-state index in [0.29, 0.717) is 32.3 Å². The minimum atomic E-state index is -0.384. The second-order valence-electron chi connectivity index (χ2n) is 6.15. The van der Waals surface area contributed by atoms with Crippen LogP contribution in [0.3, 0.4) is 0 Å². The summed E-state index contributed by atoms with van der Waals surface area (Å²) in [6.07, 6.45) is 1.56. The smallest absolute Gasteiger partial charge is 0.258 e. The molecule has 0 spiro atoms. The van der Waals surface area contributed by atoms with Gasteiger partial charge in [-0.3, -0.25) is 4.79 Å². The van der Waals surface area contributed by atoms with Gasteiger partial charge >= 0.3 is 0 Å². The van der Waals surface area contributed by atoms with E-state index >= 15 is 0 Å². The van der Waals surface area contributed by atoms with Crippen molar-refractivity contribution in [3.8, 4) is 22.7 Å². The van der Waals surface area contributed by atoms with Gasteiger partial charge in [-0.2, -0.15) is 0 Å². The molecule has 0 atom stereocenters. The van der Waals surface area contributed by atoms with Gasteiger partial charge in [0, 0.05) is 16.8 Å². The number of carbonyl (C=O) groups excluding carboxylic acids is 1. The minimum Gasteiger partial charge on any atom is -0.444 e. The number of hydrogen-bond acceptors (Lipinski definition) is 3. The van der Waals surface area contributed by atoms with E-state index < -0.39 is 0 Å². The summed E-state index contributed by atoms with van der Waals surface area (Å²) in [5, 5.41) is 3.96. The van der Waals surface area contributed by atoms with Gasteiger partial charge in [0.2, 0.25) is 5.89 Å². The fraction of sp³-hybridized carbons (Fsp3) is 0. The second kappa shape index (κ2) is 8.29. The fourth-order valence-corrected chi connectivity index (χ4v) is 3.61. The molecule has 1 N–H and O–H groups in total. The monoisotopic (exact) mass is 442 g/mol. The van der Waals surface area contributed by atoms with Crippen LogP contribution in [0.4, 0.5) is 5.69 Å². The molecule has 4 nitrogen and oxygen atoms in total. The van der Waals surface area contributed by atoms with E-state index in [4.69, 9.17) is 39.2 Å². The lowest BCUT2D eigenvalue weighted by molar-refractivity contribution is 0.102. The number of amides is 1. The summed E-state index contributed by atoms with van der Waals surface area (Å²) in [5.41, 5.74) is 3.03. The number of oxazole rings is 1. The Bertz CT molecular complexity index is 1170. The molecule has 4 aromatic rings. The zero-order valence-electron chi connectivity index (χ0n) is 14.8. The topological polar surface area (TPSA) is 55.1 Å². The fourth-order valence-electron chi connectivity index (χ4n) is 2.80. The number of hydrogen-bond donors (Lipinski definition) is 1. The van der Waals surface area contributed by atoms with Crippen LogP contribution in [0.1, 0.15) is 10.4 Å². The van der Waals surface area contributed by atoms with Crippen molar-refractivity contribution < 1.29 is 9.21 Å². The number of nitrogens with one attached hydrogen (secondary N) is 1. The van der Waals surface area contributed by atoms with E-state index in [2.05, 4.69) is 10.3 Å². The van der Waals surface area contributed by atoms with Crippen LogP contribution in [-0.2, 0) is 0 Å². The Labute approximate surface area is 182 Å². The first-order chi connectivity index (χ1) is 14.0. The molecule has 0 aliphatic carbocycles.